The second kappa shape index (κ2) is 4.51. The van der Waals surface area contributed by atoms with Gasteiger partial charge in [0.2, 0.25) is 5.91 Å². The lowest BCUT2D eigenvalue weighted by Crippen LogP contribution is -2.16. The SMILES string of the molecule is NC(=O)/C1=C/C=C(F)\C(C(F)(F)F)=C/CC1. The molecule has 1 aliphatic rings. The second-order valence-corrected chi connectivity index (χ2v) is 3.22. The third-order valence-electron chi connectivity index (χ3n) is 2.07. The van der Waals surface area contributed by atoms with Crippen molar-refractivity contribution in [2.45, 2.75) is 19.0 Å². The van der Waals surface area contributed by atoms with E-state index in [0.29, 0.717) is 6.08 Å². The largest absolute Gasteiger partial charge is 0.418 e. The Balaban J connectivity index is 3.06. The first kappa shape index (κ1) is 12.5. The molecule has 6 heteroatoms. The average Bonchev–Trinajstić information content (AvgIpc) is 2.09. The number of allylic oxidation sites excluding steroid dienone is 5. The van der Waals surface area contributed by atoms with Crippen molar-refractivity contribution in [1.29, 1.82) is 0 Å². The van der Waals surface area contributed by atoms with Crippen molar-refractivity contribution >= 4 is 5.91 Å². The molecule has 16 heavy (non-hydrogen) atoms. The van der Waals surface area contributed by atoms with Crippen molar-refractivity contribution in [2.24, 2.45) is 5.73 Å². The molecule has 88 valence electrons. The molecule has 0 heterocycles. The summed E-state index contributed by atoms with van der Waals surface area (Å²) in [6, 6.07) is 0. The minimum absolute atomic E-state index is 0.0681. The summed E-state index contributed by atoms with van der Waals surface area (Å²) in [5, 5.41) is 0. The van der Waals surface area contributed by atoms with Gasteiger partial charge in [-0.15, -0.1) is 0 Å². The lowest BCUT2D eigenvalue weighted by molar-refractivity contribution is -0.114. The number of carbonyl (C=O) groups is 1. The van der Waals surface area contributed by atoms with Crippen LogP contribution in [-0.2, 0) is 4.79 Å². The molecule has 0 aromatic rings. The van der Waals surface area contributed by atoms with Gasteiger partial charge >= 0.3 is 6.18 Å². The Labute approximate surface area is 89.1 Å². The normalized spacial score (nSPS) is 27.6. The number of alkyl halides is 3. The minimum atomic E-state index is -4.72. The molecule has 0 aliphatic heterocycles. The third-order valence-corrected chi connectivity index (χ3v) is 2.07. The number of hydrogen-bond donors (Lipinski definition) is 1. The van der Waals surface area contributed by atoms with Crippen LogP contribution in [0.1, 0.15) is 12.8 Å². The molecule has 1 aliphatic carbocycles. The van der Waals surface area contributed by atoms with Gasteiger partial charge < -0.3 is 5.73 Å². The van der Waals surface area contributed by atoms with Gasteiger partial charge in [0.05, 0.1) is 5.57 Å². The number of rotatable bonds is 1. The van der Waals surface area contributed by atoms with Crippen LogP contribution < -0.4 is 5.73 Å². The van der Waals surface area contributed by atoms with E-state index in [9.17, 15) is 22.4 Å². The number of amides is 1. The fourth-order valence-electron chi connectivity index (χ4n) is 1.27. The summed E-state index contributed by atoms with van der Waals surface area (Å²) in [5.74, 6) is -2.17. The van der Waals surface area contributed by atoms with E-state index in [0.717, 1.165) is 12.2 Å². The molecule has 1 rings (SSSR count). The van der Waals surface area contributed by atoms with E-state index in [2.05, 4.69) is 0 Å². The maximum absolute atomic E-state index is 13.1. The number of halogens is 4. The Kier molecular flexibility index (Phi) is 3.51. The van der Waals surface area contributed by atoms with Crippen LogP contribution in [0, 0.1) is 0 Å². The standard InChI is InChI=1S/C10H9F4NO/c11-8-5-4-6(9(15)16)2-1-3-7(8)10(12,13)14/h3-5H,1-2H2,(H2,15,16)/b6-4+,7-3+,8-5+. The molecule has 0 bridgehead atoms. The summed E-state index contributed by atoms with van der Waals surface area (Å²) in [5.41, 5.74) is 3.74. The van der Waals surface area contributed by atoms with E-state index in [4.69, 9.17) is 5.73 Å². The van der Waals surface area contributed by atoms with Crippen LogP contribution in [0.4, 0.5) is 17.6 Å². The van der Waals surface area contributed by atoms with Gasteiger partial charge in [-0.25, -0.2) is 4.39 Å². The Hall–Kier alpha value is -1.59. The van der Waals surface area contributed by atoms with Crippen LogP contribution in [0.5, 0.6) is 0 Å². The molecule has 0 unspecified atom stereocenters. The van der Waals surface area contributed by atoms with Gasteiger partial charge in [-0.05, 0) is 18.9 Å². The molecule has 0 saturated carbocycles. The summed E-state index contributed by atoms with van der Waals surface area (Å²) in [4.78, 5) is 10.8. The summed E-state index contributed by atoms with van der Waals surface area (Å²) in [7, 11) is 0. The van der Waals surface area contributed by atoms with Crippen LogP contribution in [0.25, 0.3) is 0 Å². The van der Waals surface area contributed by atoms with E-state index < -0.39 is 23.5 Å². The zero-order valence-corrected chi connectivity index (χ0v) is 8.14. The monoisotopic (exact) mass is 235 g/mol. The fourth-order valence-corrected chi connectivity index (χ4v) is 1.27. The number of hydrogen-bond acceptors (Lipinski definition) is 1. The molecule has 2 N–H and O–H groups in total. The zero-order chi connectivity index (χ0) is 12.3. The molecule has 1 amide bonds. The topological polar surface area (TPSA) is 43.1 Å². The van der Waals surface area contributed by atoms with E-state index in [1.165, 1.54) is 0 Å². The molecule has 0 radical (unpaired) electrons. The predicted molar refractivity (Wildman–Crippen MR) is 49.8 cm³/mol. The highest BCUT2D eigenvalue weighted by Crippen LogP contribution is 2.33. The first-order chi connectivity index (χ1) is 7.32. The highest BCUT2D eigenvalue weighted by Gasteiger charge is 2.36. The van der Waals surface area contributed by atoms with Gasteiger partial charge in [-0.1, -0.05) is 12.2 Å². The Bertz CT molecular complexity index is 390. The number of nitrogens with two attached hydrogens (primary N) is 1. The first-order valence-corrected chi connectivity index (χ1v) is 4.46. The number of primary amides is 1. The van der Waals surface area contributed by atoms with Crippen molar-refractivity contribution in [3.8, 4) is 0 Å². The van der Waals surface area contributed by atoms with E-state index in [-0.39, 0.29) is 18.4 Å². The maximum Gasteiger partial charge on any atom is 0.418 e. The average molecular weight is 235 g/mol. The van der Waals surface area contributed by atoms with Gasteiger partial charge in [-0.3, -0.25) is 4.79 Å². The van der Waals surface area contributed by atoms with E-state index >= 15 is 0 Å². The maximum atomic E-state index is 13.1. The molecule has 0 spiro atoms. The predicted octanol–water partition coefficient (Wildman–Crippen LogP) is 2.53. The molecule has 0 aromatic carbocycles. The van der Waals surface area contributed by atoms with Gasteiger partial charge in [0.1, 0.15) is 5.83 Å². The van der Waals surface area contributed by atoms with Crippen LogP contribution in [0.2, 0.25) is 0 Å². The zero-order valence-electron chi connectivity index (χ0n) is 8.14. The van der Waals surface area contributed by atoms with Crippen LogP contribution in [0.3, 0.4) is 0 Å². The lowest BCUT2D eigenvalue weighted by atomic mass is 10.0. The van der Waals surface area contributed by atoms with Crippen LogP contribution in [0.15, 0.2) is 35.2 Å². The summed E-state index contributed by atoms with van der Waals surface area (Å²) >= 11 is 0. The van der Waals surface area contributed by atoms with Crippen LogP contribution in [-0.4, -0.2) is 12.1 Å². The molecular formula is C10H9F4NO. The van der Waals surface area contributed by atoms with Crippen molar-refractivity contribution in [2.75, 3.05) is 0 Å². The highest BCUT2D eigenvalue weighted by molar-refractivity contribution is 5.92. The van der Waals surface area contributed by atoms with Crippen molar-refractivity contribution in [3.05, 3.63) is 35.2 Å². The van der Waals surface area contributed by atoms with Crippen LogP contribution >= 0.6 is 0 Å². The minimum Gasteiger partial charge on any atom is -0.366 e. The molecule has 0 aromatic heterocycles. The van der Waals surface area contributed by atoms with Gasteiger partial charge in [0.15, 0.2) is 0 Å². The molecule has 0 saturated heterocycles. The molecule has 2 nitrogen and oxygen atoms in total. The summed E-state index contributed by atoms with van der Waals surface area (Å²) in [6.45, 7) is 0. The lowest BCUT2D eigenvalue weighted by Gasteiger charge is -2.11. The summed E-state index contributed by atoms with van der Waals surface area (Å²) < 4.78 is 50.0. The Morgan fingerprint density at radius 1 is 1.31 bits per heavy atom. The van der Waals surface area contributed by atoms with E-state index in [1.54, 1.807) is 0 Å². The Morgan fingerprint density at radius 2 is 1.94 bits per heavy atom. The first-order valence-electron chi connectivity index (χ1n) is 4.46. The van der Waals surface area contributed by atoms with Crippen molar-refractivity contribution in [3.63, 3.8) is 0 Å². The Morgan fingerprint density at radius 3 is 2.44 bits per heavy atom. The van der Waals surface area contributed by atoms with Gasteiger partial charge in [-0.2, -0.15) is 13.2 Å². The van der Waals surface area contributed by atoms with E-state index in [1.807, 2.05) is 0 Å². The van der Waals surface area contributed by atoms with Crippen molar-refractivity contribution < 1.29 is 22.4 Å². The van der Waals surface area contributed by atoms with Gasteiger partial charge in [0, 0.05) is 5.57 Å². The fraction of sp³-hybridized carbons (Fsp3) is 0.300. The highest BCUT2D eigenvalue weighted by atomic mass is 19.4. The summed E-state index contributed by atoms with van der Waals surface area (Å²) in [6.07, 6.45) is -2.42. The second-order valence-electron chi connectivity index (χ2n) is 3.22. The quantitative estimate of drug-likeness (QED) is 0.697. The van der Waals surface area contributed by atoms with Gasteiger partial charge in [0.25, 0.3) is 0 Å². The van der Waals surface area contributed by atoms with Crippen molar-refractivity contribution in [1.82, 2.24) is 0 Å². The number of carbonyl (C=O) groups excluding carboxylic acids is 1. The molecule has 0 atom stereocenters. The molecule has 0 fully saturated rings. The third kappa shape index (κ3) is 2.95. The smallest absolute Gasteiger partial charge is 0.366 e. The molecular weight excluding hydrogens is 226 g/mol.